The average molecular weight is 329 g/mol. The molecule has 1 aromatic carbocycles. The smallest absolute Gasteiger partial charge is 0.238 e. The second-order valence-electron chi connectivity index (χ2n) is 7.27. The highest BCUT2D eigenvalue weighted by Gasteiger charge is 2.13. The minimum Gasteiger partial charge on any atom is -0.325 e. The SMILES string of the molecule is O=C(CN1CCCCCCC1)Nc1ccc(CN2CCCC2)cc1. The van der Waals surface area contributed by atoms with Crippen LogP contribution in [0.4, 0.5) is 5.69 Å². The van der Waals surface area contributed by atoms with Gasteiger partial charge in [-0.05, 0) is 69.6 Å². The van der Waals surface area contributed by atoms with Crippen LogP contribution < -0.4 is 5.32 Å². The Balaban J connectivity index is 1.45. The lowest BCUT2D eigenvalue weighted by Gasteiger charge is -2.23. The van der Waals surface area contributed by atoms with Crippen LogP contribution in [0.15, 0.2) is 24.3 Å². The van der Waals surface area contributed by atoms with Crippen molar-refractivity contribution >= 4 is 11.6 Å². The highest BCUT2D eigenvalue weighted by atomic mass is 16.2. The zero-order valence-electron chi connectivity index (χ0n) is 14.8. The summed E-state index contributed by atoms with van der Waals surface area (Å²) in [6, 6.07) is 8.36. The second kappa shape index (κ2) is 9.19. The van der Waals surface area contributed by atoms with Crippen molar-refractivity contribution in [2.24, 2.45) is 0 Å². The summed E-state index contributed by atoms with van der Waals surface area (Å²) in [5, 5.41) is 3.05. The summed E-state index contributed by atoms with van der Waals surface area (Å²) in [4.78, 5) is 17.1. The van der Waals surface area contributed by atoms with E-state index in [4.69, 9.17) is 0 Å². The molecule has 0 aromatic heterocycles. The molecule has 0 bridgehead atoms. The summed E-state index contributed by atoms with van der Waals surface area (Å²) in [7, 11) is 0. The molecule has 0 unspecified atom stereocenters. The molecule has 132 valence electrons. The molecule has 1 amide bonds. The summed E-state index contributed by atoms with van der Waals surface area (Å²) in [5.74, 6) is 0.114. The monoisotopic (exact) mass is 329 g/mol. The number of nitrogens with one attached hydrogen (secondary N) is 1. The lowest BCUT2D eigenvalue weighted by Crippen LogP contribution is -2.35. The minimum absolute atomic E-state index is 0.114. The molecule has 4 nitrogen and oxygen atoms in total. The molecule has 0 spiro atoms. The van der Waals surface area contributed by atoms with Crippen LogP contribution in [-0.4, -0.2) is 48.4 Å². The first kappa shape index (κ1) is 17.4. The van der Waals surface area contributed by atoms with Crippen molar-refractivity contribution in [3.8, 4) is 0 Å². The van der Waals surface area contributed by atoms with Gasteiger partial charge in [-0.3, -0.25) is 14.6 Å². The molecule has 0 atom stereocenters. The molecule has 1 aromatic rings. The fourth-order valence-corrected chi connectivity index (χ4v) is 3.77. The Morgan fingerprint density at radius 3 is 2.00 bits per heavy atom. The zero-order chi connectivity index (χ0) is 16.6. The van der Waals surface area contributed by atoms with Gasteiger partial charge in [0.1, 0.15) is 0 Å². The number of rotatable bonds is 5. The van der Waals surface area contributed by atoms with Gasteiger partial charge in [-0.15, -0.1) is 0 Å². The minimum atomic E-state index is 0.114. The Morgan fingerprint density at radius 2 is 1.33 bits per heavy atom. The lowest BCUT2D eigenvalue weighted by atomic mass is 10.1. The fraction of sp³-hybridized carbons (Fsp3) is 0.650. The van der Waals surface area contributed by atoms with E-state index in [-0.39, 0.29) is 5.91 Å². The topological polar surface area (TPSA) is 35.6 Å². The highest BCUT2D eigenvalue weighted by Crippen LogP contribution is 2.15. The summed E-state index contributed by atoms with van der Waals surface area (Å²) < 4.78 is 0. The molecule has 1 N–H and O–H groups in total. The van der Waals surface area contributed by atoms with E-state index in [9.17, 15) is 4.79 Å². The van der Waals surface area contributed by atoms with Gasteiger partial charge in [0.05, 0.1) is 6.54 Å². The molecule has 2 aliphatic heterocycles. The van der Waals surface area contributed by atoms with Crippen LogP contribution in [0.3, 0.4) is 0 Å². The van der Waals surface area contributed by atoms with Crippen molar-refractivity contribution < 1.29 is 4.79 Å². The lowest BCUT2D eigenvalue weighted by molar-refractivity contribution is -0.117. The number of carbonyl (C=O) groups is 1. The molecular weight excluding hydrogens is 298 g/mol. The Morgan fingerprint density at radius 1 is 0.792 bits per heavy atom. The normalized spacial score (nSPS) is 20.5. The van der Waals surface area contributed by atoms with Crippen LogP contribution in [0.5, 0.6) is 0 Å². The number of likely N-dealkylation sites (tertiary alicyclic amines) is 2. The molecule has 0 saturated carbocycles. The van der Waals surface area contributed by atoms with E-state index in [1.54, 1.807) is 0 Å². The quantitative estimate of drug-likeness (QED) is 0.898. The van der Waals surface area contributed by atoms with E-state index < -0.39 is 0 Å². The van der Waals surface area contributed by atoms with Gasteiger partial charge in [0.15, 0.2) is 0 Å². The molecule has 2 saturated heterocycles. The Bertz CT molecular complexity index is 500. The second-order valence-corrected chi connectivity index (χ2v) is 7.27. The van der Waals surface area contributed by atoms with Gasteiger partial charge in [0, 0.05) is 12.2 Å². The van der Waals surface area contributed by atoms with Crippen molar-refractivity contribution in [2.75, 3.05) is 38.0 Å². The number of amides is 1. The maximum Gasteiger partial charge on any atom is 0.238 e. The first-order chi connectivity index (χ1) is 11.8. The largest absolute Gasteiger partial charge is 0.325 e. The van der Waals surface area contributed by atoms with Gasteiger partial charge >= 0.3 is 0 Å². The van der Waals surface area contributed by atoms with Crippen LogP contribution in [-0.2, 0) is 11.3 Å². The predicted molar refractivity (Wildman–Crippen MR) is 99.1 cm³/mol. The summed E-state index contributed by atoms with van der Waals surface area (Å²) in [5.41, 5.74) is 2.25. The Kier molecular flexibility index (Phi) is 6.67. The predicted octanol–water partition coefficient (Wildman–Crippen LogP) is 3.49. The van der Waals surface area contributed by atoms with Gasteiger partial charge < -0.3 is 5.32 Å². The number of carbonyl (C=O) groups excluding carboxylic acids is 1. The first-order valence-electron chi connectivity index (χ1n) is 9.63. The van der Waals surface area contributed by atoms with Gasteiger partial charge in [-0.2, -0.15) is 0 Å². The van der Waals surface area contributed by atoms with E-state index >= 15 is 0 Å². The van der Waals surface area contributed by atoms with Gasteiger partial charge in [-0.1, -0.05) is 31.4 Å². The molecule has 0 aliphatic carbocycles. The third-order valence-electron chi connectivity index (χ3n) is 5.16. The summed E-state index contributed by atoms with van der Waals surface area (Å²) in [6.45, 7) is 6.10. The molecule has 2 aliphatic rings. The van der Waals surface area contributed by atoms with E-state index in [1.807, 2.05) is 12.1 Å². The van der Waals surface area contributed by atoms with Gasteiger partial charge in [0.25, 0.3) is 0 Å². The van der Waals surface area contributed by atoms with Gasteiger partial charge in [-0.25, -0.2) is 0 Å². The van der Waals surface area contributed by atoms with Crippen LogP contribution >= 0.6 is 0 Å². The van der Waals surface area contributed by atoms with Crippen molar-refractivity contribution in [1.29, 1.82) is 0 Å². The Hall–Kier alpha value is -1.39. The summed E-state index contributed by atoms with van der Waals surface area (Å²) >= 11 is 0. The molecular formula is C20H31N3O. The molecule has 2 fully saturated rings. The van der Waals surface area contributed by atoms with E-state index in [2.05, 4.69) is 27.2 Å². The van der Waals surface area contributed by atoms with Crippen LogP contribution in [0.1, 0.15) is 50.5 Å². The zero-order valence-corrected chi connectivity index (χ0v) is 14.8. The van der Waals surface area contributed by atoms with Crippen molar-refractivity contribution in [2.45, 2.75) is 51.5 Å². The highest BCUT2D eigenvalue weighted by molar-refractivity contribution is 5.92. The van der Waals surface area contributed by atoms with Gasteiger partial charge in [0.2, 0.25) is 5.91 Å². The standard InChI is InChI=1S/C20H31N3O/c24-20(17-23-12-4-2-1-3-5-13-23)21-19-10-8-18(9-11-19)16-22-14-6-7-15-22/h8-11H,1-7,12-17H2,(H,21,24). The van der Waals surface area contributed by atoms with Crippen molar-refractivity contribution in [1.82, 2.24) is 9.80 Å². The third-order valence-corrected chi connectivity index (χ3v) is 5.16. The molecule has 24 heavy (non-hydrogen) atoms. The number of hydrogen-bond acceptors (Lipinski definition) is 3. The average Bonchev–Trinajstić information content (AvgIpc) is 3.05. The van der Waals surface area contributed by atoms with Crippen LogP contribution in [0.25, 0.3) is 0 Å². The maximum absolute atomic E-state index is 12.3. The number of nitrogens with zero attached hydrogens (tertiary/aromatic N) is 2. The number of anilines is 1. The third kappa shape index (κ3) is 5.60. The van der Waals surface area contributed by atoms with E-state index in [0.29, 0.717) is 6.54 Å². The Labute approximate surface area is 146 Å². The molecule has 0 radical (unpaired) electrons. The van der Waals surface area contributed by atoms with E-state index in [1.165, 1.54) is 63.6 Å². The van der Waals surface area contributed by atoms with Crippen LogP contribution in [0, 0.1) is 0 Å². The summed E-state index contributed by atoms with van der Waals surface area (Å²) in [6.07, 6.45) is 9.04. The maximum atomic E-state index is 12.3. The van der Waals surface area contributed by atoms with Crippen molar-refractivity contribution in [3.63, 3.8) is 0 Å². The molecule has 4 heteroatoms. The van der Waals surface area contributed by atoms with Crippen LogP contribution in [0.2, 0.25) is 0 Å². The first-order valence-corrected chi connectivity index (χ1v) is 9.63. The number of benzene rings is 1. The molecule has 3 rings (SSSR count). The fourth-order valence-electron chi connectivity index (χ4n) is 3.77. The number of hydrogen-bond donors (Lipinski definition) is 1. The van der Waals surface area contributed by atoms with E-state index in [0.717, 1.165) is 25.3 Å². The molecule has 2 heterocycles. The van der Waals surface area contributed by atoms with Crippen molar-refractivity contribution in [3.05, 3.63) is 29.8 Å².